The normalized spacial score (nSPS) is 14.9. The molecule has 0 aromatic heterocycles. The fraction of sp³-hybridized carbons (Fsp3) is 0.500. The van der Waals surface area contributed by atoms with Gasteiger partial charge in [0.2, 0.25) is 0 Å². The molecule has 0 bridgehead atoms. The maximum atomic E-state index is 6.12. The van der Waals surface area contributed by atoms with Gasteiger partial charge in [0.25, 0.3) is 0 Å². The van der Waals surface area contributed by atoms with Crippen LogP contribution in [0.2, 0.25) is 5.02 Å². The second-order valence-electron chi connectivity index (χ2n) is 4.06. The summed E-state index contributed by atoms with van der Waals surface area (Å²) < 4.78 is 5.34. The summed E-state index contributed by atoms with van der Waals surface area (Å²) in [4.78, 5) is 0. The molecule has 1 aromatic carbocycles. The van der Waals surface area contributed by atoms with Crippen molar-refractivity contribution in [3.8, 4) is 0 Å². The zero-order valence-electron chi connectivity index (χ0n) is 9.29. The standard InChI is InChI=1S/C12H18ClNO/c1-3-15-9-12(2,14)8-10-6-4-5-7-11(10)13/h4-7H,3,8-9,14H2,1-2H3. The highest BCUT2D eigenvalue weighted by Crippen LogP contribution is 2.19. The second-order valence-corrected chi connectivity index (χ2v) is 4.47. The number of nitrogens with two attached hydrogens (primary N) is 1. The average Bonchev–Trinajstić information content (AvgIpc) is 2.18. The van der Waals surface area contributed by atoms with Gasteiger partial charge in [0.05, 0.1) is 6.61 Å². The Balaban J connectivity index is 2.64. The molecule has 0 heterocycles. The van der Waals surface area contributed by atoms with E-state index in [2.05, 4.69) is 0 Å². The van der Waals surface area contributed by atoms with Gasteiger partial charge in [0.15, 0.2) is 0 Å². The molecular weight excluding hydrogens is 210 g/mol. The van der Waals surface area contributed by atoms with E-state index in [0.717, 1.165) is 17.0 Å². The van der Waals surface area contributed by atoms with Crippen LogP contribution in [-0.4, -0.2) is 18.8 Å². The molecule has 0 aliphatic carbocycles. The lowest BCUT2D eigenvalue weighted by atomic mass is 9.95. The molecule has 0 aliphatic rings. The molecule has 0 aliphatic heterocycles. The molecule has 0 saturated heterocycles. The molecule has 1 atom stereocenters. The highest BCUT2D eigenvalue weighted by molar-refractivity contribution is 6.31. The van der Waals surface area contributed by atoms with Crippen molar-refractivity contribution < 1.29 is 4.74 Å². The van der Waals surface area contributed by atoms with Gasteiger partial charge < -0.3 is 10.5 Å². The van der Waals surface area contributed by atoms with Crippen molar-refractivity contribution in [3.05, 3.63) is 34.9 Å². The Bertz CT molecular complexity index is 312. The molecule has 0 spiro atoms. The van der Waals surface area contributed by atoms with Crippen LogP contribution in [-0.2, 0) is 11.2 Å². The zero-order valence-corrected chi connectivity index (χ0v) is 10.1. The molecule has 0 saturated carbocycles. The minimum atomic E-state index is -0.360. The van der Waals surface area contributed by atoms with Gasteiger partial charge in [-0.2, -0.15) is 0 Å². The molecule has 0 radical (unpaired) electrons. The van der Waals surface area contributed by atoms with E-state index in [4.69, 9.17) is 22.1 Å². The predicted molar refractivity (Wildman–Crippen MR) is 64.2 cm³/mol. The number of ether oxygens (including phenoxy) is 1. The third-order valence-corrected chi connectivity index (χ3v) is 2.56. The summed E-state index contributed by atoms with van der Waals surface area (Å²) in [5.74, 6) is 0. The van der Waals surface area contributed by atoms with Crippen molar-refractivity contribution >= 4 is 11.6 Å². The summed E-state index contributed by atoms with van der Waals surface area (Å²) in [5, 5.41) is 0.769. The summed E-state index contributed by atoms with van der Waals surface area (Å²) in [6, 6.07) is 7.77. The molecule has 84 valence electrons. The van der Waals surface area contributed by atoms with Crippen LogP contribution < -0.4 is 5.73 Å². The Kier molecular flexibility index (Phi) is 4.58. The summed E-state index contributed by atoms with van der Waals surface area (Å²) >= 11 is 6.07. The van der Waals surface area contributed by atoms with Crippen molar-refractivity contribution in [1.82, 2.24) is 0 Å². The largest absolute Gasteiger partial charge is 0.380 e. The number of hydrogen-bond acceptors (Lipinski definition) is 2. The topological polar surface area (TPSA) is 35.2 Å². The van der Waals surface area contributed by atoms with E-state index < -0.39 is 0 Å². The Labute approximate surface area is 96.4 Å². The zero-order chi connectivity index (χ0) is 11.3. The summed E-state index contributed by atoms with van der Waals surface area (Å²) in [7, 11) is 0. The third kappa shape index (κ3) is 4.20. The molecule has 1 unspecified atom stereocenters. The van der Waals surface area contributed by atoms with E-state index in [1.807, 2.05) is 38.1 Å². The van der Waals surface area contributed by atoms with E-state index >= 15 is 0 Å². The van der Waals surface area contributed by atoms with E-state index in [0.29, 0.717) is 13.2 Å². The number of benzene rings is 1. The lowest BCUT2D eigenvalue weighted by molar-refractivity contribution is 0.101. The molecule has 2 N–H and O–H groups in total. The fourth-order valence-electron chi connectivity index (χ4n) is 1.46. The van der Waals surface area contributed by atoms with E-state index in [-0.39, 0.29) is 5.54 Å². The summed E-state index contributed by atoms with van der Waals surface area (Å²) in [5.41, 5.74) is 6.83. The Hall–Kier alpha value is -0.570. The molecule has 3 heteroatoms. The quantitative estimate of drug-likeness (QED) is 0.840. The van der Waals surface area contributed by atoms with Crippen molar-refractivity contribution in [2.45, 2.75) is 25.8 Å². The summed E-state index contributed by atoms with van der Waals surface area (Å²) in [6.07, 6.45) is 0.729. The van der Waals surface area contributed by atoms with Gasteiger partial charge in [0, 0.05) is 17.2 Å². The molecule has 0 amide bonds. The minimum absolute atomic E-state index is 0.360. The molecular formula is C12H18ClNO. The Morgan fingerprint density at radius 2 is 2.07 bits per heavy atom. The Morgan fingerprint density at radius 1 is 1.40 bits per heavy atom. The van der Waals surface area contributed by atoms with Crippen LogP contribution in [0.3, 0.4) is 0 Å². The first-order valence-corrected chi connectivity index (χ1v) is 5.53. The van der Waals surface area contributed by atoms with Gasteiger partial charge >= 0.3 is 0 Å². The van der Waals surface area contributed by atoms with Crippen molar-refractivity contribution in [2.75, 3.05) is 13.2 Å². The average molecular weight is 228 g/mol. The SMILES string of the molecule is CCOCC(C)(N)Cc1ccccc1Cl. The number of halogens is 1. The molecule has 1 aromatic rings. The van der Waals surface area contributed by atoms with E-state index in [9.17, 15) is 0 Å². The first-order valence-electron chi connectivity index (χ1n) is 5.15. The number of rotatable bonds is 5. The van der Waals surface area contributed by atoms with Gasteiger partial charge in [-0.15, -0.1) is 0 Å². The monoisotopic (exact) mass is 227 g/mol. The van der Waals surface area contributed by atoms with E-state index in [1.165, 1.54) is 0 Å². The lowest BCUT2D eigenvalue weighted by Gasteiger charge is -2.24. The van der Waals surface area contributed by atoms with Crippen molar-refractivity contribution in [2.24, 2.45) is 5.73 Å². The van der Waals surface area contributed by atoms with Crippen molar-refractivity contribution in [3.63, 3.8) is 0 Å². The van der Waals surface area contributed by atoms with Crippen LogP contribution in [0.25, 0.3) is 0 Å². The predicted octanol–water partition coefficient (Wildman–Crippen LogP) is 2.64. The van der Waals surface area contributed by atoms with Crippen LogP contribution >= 0.6 is 11.6 Å². The van der Waals surface area contributed by atoms with Crippen molar-refractivity contribution in [1.29, 1.82) is 0 Å². The van der Waals surface area contributed by atoms with Gasteiger partial charge in [-0.25, -0.2) is 0 Å². The smallest absolute Gasteiger partial charge is 0.0646 e. The van der Waals surface area contributed by atoms with Crippen LogP contribution in [0.1, 0.15) is 19.4 Å². The first-order chi connectivity index (χ1) is 7.05. The maximum absolute atomic E-state index is 6.12. The number of hydrogen-bond donors (Lipinski definition) is 1. The van der Waals surface area contributed by atoms with Crippen LogP contribution in [0.15, 0.2) is 24.3 Å². The van der Waals surface area contributed by atoms with Gasteiger partial charge in [-0.05, 0) is 31.9 Å². The van der Waals surface area contributed by atoms with Gasteiger partial charge in [0.1, 0.15) is 0 Å². The van der Waals surface area contributed by atoms with E-state index in [1.54, 1.807) is 0 Å². The fourth-order valence-corrected chi connectivity index (χ4v) is 1.67. The summed E-state index contributed by atoms with van der Waals surface area (Å²) in [6.45, 7) is 5.18. The molecule has 1 rings (SSSR count). The first kappa shape index (κ1) is 12.5. The molecule has 15 heavy (non-hydrogen) atoms. The lowest BCUT2D eigenvalue weighted by Crippen LogP contribution is -2.43. The van der Waals surface area contributed by atoms with Gasteiger partial charge in [-0.1, -0.05) is 29.8 Å². The van der Waals surface area contributed by atoms with Crippen LogP contribution in [0, 0.1) is 0 Å². The highest BCUT2D eigenvalue weighted by Gasteiger charge is 2.20. The highest BCUT2D eigenvalue weighted by atomic mass is 35.5. The van der Waals surface area contributed by atoms with Gasteiger partial charge in [-0.3, -0.25) is 0 Å². The second kappa shape index (κ2) is 5.50. The molecule has 2 nitrogen and oxygen atoms in total. The Morgan fingerprint density at radius 3 is 2.67 bits per heavy atom. The van der Waals surface area contributed by atoms with Crippen LogP contribution in [0.5, 0.6) is 0 Å². The minimum Gasteiger partial charge on any atom is -0.380 e. The molecule has 0 fully saturated rings. The maximum Gasteiger partial charge on any atom is 0.0646 e. The van der Waals surface area contributed by atoms with Crippen LogP contribution in [0.4, 0.5) is 0 Å². The third-order valence-electron chi connectivity index (χ3n) is 2.19.